The molecule has 0 saturated heterocycles. The van der Waals surface area contributed by atoms with E-state index in [1.807, 2.05) is 0 Å². The Kier molecular flexibility index (Phi) is 3.50. The molecule has 1 aromatic heterocycles. The van der Waals surface area contributed by atoms with Gasteiger partial charge in [0.25, 0.3) is 10.0 Å². The molecule has 0 spiro atoms. The smallest absolute Gasteiger partial charge is 0.266 e. The van der Waals surface area contributed by atoms with E-state index in [2.05, 4.69) is 25.8 Å². The number of halogens is 2. The largest absolute Gasteiger partial charge is 0.399 e. The van der Waals surface area contributed by atoms with Crippen molar-refractivity contribution < 1.29 is 12.8 Å². The van der Waals surface area contributed by atoms with Gasteiger partial charge >= 0.3 is 0 Å². The van der Waals surface area contributed by atoms with Gasteiger partial charge in [0.2, 0.25) is 0 Å². The van der Waals surface area contributed by atoms with Crippen LogP contribution in [0.5, 0.6) is 0 Å². The van der Waals surface area contributed by atoms with Crippen molar-refractivity contribution in [1.29, 1.82) is 0 Å². The molecule has 0 fully saturated rings. The minimum absolute atomic E-state index is 0.0195. The summed E-state index contributed by atoms with van der Waals surface area (Å²) >= 11 is 2.91. The van der Waals surface area contributed by atoms with Gasteiger partial charge in [0.05, 0.1) is 4.47 Å². The Morgan fingerprint density at radius 2 is 2.16 bits per heavy atom. The Morgan fingerprint density at radius 1 is 1.47 bits per heavy atom. The van der Waals surface area contributed by atoms with Gasteiger partial charge < -0.3 is 5.73 Å². The van der Waals surface area contributed by atoms with Crippen LogP contribution >= 0.6 is 15.9 Å². The van der Waals surface area contributed by atoms with Crippen molar-refractivity contribution in [2.24, 2.45) is 7.05 Å². The summed E-state index contributed by atoms with van der Waals surface area (Å²) < 4.78 is 41.5. The van der Waals surface area contributed by atoms with Gasteiger partial charge in [-0.1, -0.05) is 0 Å². The summed E-state index contributed by atoms with van der Waals surface area (Å²) in [6.45, 7) is 0. The van der Waals surface area contributed by atoms with Crippen molar-refractivity contribution in [2.45, 2.75) is 4.90 Å². The standard InChI is InChI=1S/C10H10BrFN4O2S/c1-16-3-2-9(14-16)15-19(17,18)8-5-6(13)4-7(11)10(8)12/h2-5H,13H2,1H3,(H,14,15). The molecule has 1 aromatic carbocycles. The zero-order valence-corrected chi connectivity index (χ0v) is 12.2. The summed E-state index contributed by atoms with van der Waals surface area (Å²) in [5.41, 5.74) is 5.65. The summed E-state index contributed by atoms with van der Waals surface area (Å²) in [4.78, 5) is -0.537. The van der Waals surface area contributed by atoms with Gasteiger partial charge in [-0.2, -0.15) is 5.10 Å². The van der Waals surface area contributed by atoms with Crippen molar-refractivity contribution in [3.8, 4) is 0 Å². The molecule has 3 N–H and O–H groups in total. The molecule has 0 amide bonds. The number of aryl methyl sites for hydroxylation is 1. The lowest BCUT2D eigenvalue weighted by atomic mass is 10.3. The Labute approximate surface area is 117 Å². The molecule has 2 aromatic rings. The monoisotopic (exact) mass is 348 g/mol. The van der Waals surface area contributed by atoms with Crippen molar-refractivity contribution in [2.75, 3.05) is 10.5 Å². The van der Waals surface area contributed by atoms with Crippen LogP contribution in [0.2, 0.25) is 0 Å². The van der Waals surface area contributed by atoms with Gasteiger partial charge in [-0.05, 0) is 28.1 Å². The SMILES string of the molecule is Cn1ccc(NS(=O)(=O)c2cc(N)cc(Br)c2F)n1. The van der Waals surface area contributed by atoms with E-state index >= 15 is 0 Å². The molecule has 2 rings (SSSR count). The lowest BCUT2D eigenvalue weighted by molar-refractivity contribution is 0.566. The third-order valence-electron chi connectivity index (χ3n) is 2.26. The number of nitrogens with zero attached hydrogens (tertiary/aromatic N) is 2. The minimum Gasteiger partial charge on any atom is -0.399 e. The summed E-state index contributed by atoms with van der Waals surface area (Å²) in [7, 11) is -2.45. The summed E-state index contributed by atoms with van der Waals surface area (Å²) in [5.74, 6) is -0.807. The third-order valence-corrected chi connectivity index (χ3v) is 4.19. The highest BCUT2D eigenvalue weighted by molar-refractivity contribution is 9.10. The van der Waals surface area contributed by atoms with Crippen LogP contribution in [-0.4, -0.2) is 18.2 Å². The molecule has 9 heteroatoms. The van der Waals surface area contributed by atoms with Crippen LogP contribution in [0.25, 0.3) is 0 Å². The molecule has 6 nitrogen and oxygen atoms in total. The molecule has 0 saturated carbocycles. The second kappa shape index (κ2) is 4.82. The maximum absolute atomic E-state index is 13.8. The number of anilines is 2. The van der Waals surface area contributed by atoms with Crippen LogP contribution in [0.15, 0.2) is 33.8 Å². The zero-order valence-electron chi connectivity index (χ0n) is 9.76. The quantitative estimate of drug-likeness (QED) is 0.826. The van der Waals surface area contributed by atoms with Crippen LogP contribution in [0.3, 0.4) is 0 Å². The Bertz CT molecular complexity index is 729. The average Bonchev–Trinajstić information content (AvgIpc) is 2.68. The predicted molar refractivity (Wildman–Crippen MR) is 72.5 cm³/mol. The second-order valence-corrected chi connectivity index (χ2v) is 6.30. The lowest BCUT2D eigenvalue weighted by Crippen LogP contribution is -2.15. The first-order valence-corrected chi connectivity index (χ1v) is 7.34. The number of nitrogens with one attached hydrogen (secondary N) is 1. The zero-order chi connectivity index (χ0) is 14.2. The van der Waals surface area contributed by atoms with Crippen LogP contribution < -0.4 is 10.5 Å². The van der Waals surface area contributed by atoms with Gasteiger partial charge in [0, 0.05) is 25.0 Å². The Morgan fingerprint density at radius 3 is 2.74 bits per heavy atom. The fourth-order valence-electron chi connectivity index (χ4n) is 1.44. The topological polar surface area (TPSA) is 90.0 Å². The van der Waals surface area contributed by atoms with Gasteiger partial charge in [-0.15, -0.1) is 0 Å². The van der Waals surface area contributed by atoms with E-state index in [1.54, 1.807) is 13.2 Å². The van der Waals surface area contributed by atoms with Gasteiger partial charge in [-0.3, -0.25) is 9.40 Å². The van der Waals surface area contributed by atoms with E-state index in [9.17, 15) is 12.8 Å². The normalized spacial score (nSPS) is 11.5. The van der Waals surface area contributed by atoms with E-state index < -0.39 is 20.7 Å². The first kappa shape index (κ1) is 13.8. The summed E-state index contributed by atoms with van der Waals surface area (Å²) in [5, 5.41) is 3.86. The fraction of sp³-hybridized carbons (Fsp3) is 0.100. The molecule has 102 valence electrons. The number of nitrogens with two attached hydrogens (primary N) is 1. The number of hydrogen-bond donors (Lipinski definition) is 2. The average molecular weight is 349 g/mol. The Hall–Kier alpha value is -1.61. The molecule has 0 atom stereocenters. The molecular formula is C10H10BrFN4O2S. The highest BCUT2D eigenvalue weighted by Gasteiger charge is 2.22. The molecule has 0 unspecified atom stereocenters. The summed E-state index contributed by atoms with van der Waals surface area (Å²) in [6.07, 6.45) is 1.56. The molecule has 1 heterocycles. The molecule has 0 aliphatic heterocycles. The van der Waals surface area contributed by atoms with Crippen molar-refractivity contribution in [3.05, 3.63) is 34.7 Å². The Balaban J connectivity index is 2.45. The van der Waals surface area contributed by atoms with Gasteiger partial charge in [0.1, 0.15) is 4.90 Å². The first-order valence-electron chi connectivity index (χ1n) is 5.06. The predicted octanol–water partition coefficient (Wildman–Crippen LogP) is 1.70. The van der Waals surface area contributed by atoms with Crippen LogP contribution in [-0.2, 0) is 17.1 Å². The highest BCUT2D eigenvalue weighted by atomic mass is 79.9. The number of nitrogen functional groups attached to an aromatic ring is 1. The number of benzene rings is 1. The summed E-state index contributed by atoms with van der Waals surface area (Å²) in [6, 6.07) is 3.79. The van der Waals surface area contributed by atoms with E-state index in [4.69, 9.17) is 5.73 Å². The number of sulfonamides is 1. The molecule has 0 bridgehead atoms. The van der Waals surface area contributed by atoms with Crippen molar-refractivity contribution in [1.82, 2.24) is 9.78 Å². The van der Waals surface area contributed by atoms with Crippen LogP contribution in [0.1, 0.15) is 0 Å². The highest BCUT2D eigenvalue weighted by Crippen LogP contribution is 2.27. The lowest BCUT2D eigenvalue weighted by Gasteiger charge is -2.08. The molecule has 0 radical (unpaired) electrons. The molecule has 0 aliphatic carbocycles. The van der Waals surface area contributed by atoms with Gasteiger partial charge in [-0.25, -0.2) is 12.8 Å². The number of rotatable bonds is 3. The molecule has 19 heavy (non-hydrogen) atoms. The molecule has 0 aliphatic rings. The maximum atomic E-state index is 13.8. The van der Waals surface area contributed by atoms with Crippen molar-refractivity contribution in [3.63, 3.8) is 0 Å². The second-order valence-electron chi connectivity index (χ2n) is 3.79. The number of aromatic nitrogens is 2. The van der Waals surface area contributed by atoms with Gasteiger partial charge in [0.15, 0.2) is 11.6 Å². The van der Waals surface area contributed by atoms with Crippen LogP contribution in [0.4, 0.5) is 15.9 Å². The minimum atomic E-state index is -4.09. The van der Waals surface area contributed by atoms with E-state index in [1.165, 1.54) is 16.8 Å². The third kappa shape index (κ3) is 2.87. The van der Waals surface area contributed by atoms with E-state index in [0.717, 1.165) is 6.07 Å². The first-order chi connectivity index (χ1) is 8.79. The fourth-order valence-corrected chi connectivity index (χ4v) is 3.18. The maximum Gasteiger partial charge on any atom is 0.266 e. The van der Waals surface area contributed by atoms with Crippen molar-refractivity contribution >= 4 is 37.5 Å². The molecular weight excluding hydrogens is 339 g/mol. The number of hydrogen-bond acceptors (Lipinski definition) is 4. The van der Waals surface area contributed by atoms with E-state index in [-0.39, 0.29) is 16.0 Å². The van der Waals surface area contributed by atoms with E-state index in [0.29, 0.717) is 0 Å². The van der Waals surface area contributed by atoms with Crippen LogP contribution in [0, 0.1) is 5.82 Å².